The number of halogens is 4. The number of benzene rings is 3. The fourth-order valence-corrected chi connectivity index (χ4v) is 6.95. The van der Waals surface area contributed by atoms with E-state index in [-0.39, 0.29) is 52.5 Å². The second kappa shape index (κ2) is 12.0. The highest BCUT2D eigenvalue weighted by Gasteiger charge is 2.44. The first kappa shape index (κ1) is 31.3. The molecule has 0 bridgehead atoms. The maximum atomic E-state index is 16.4. The average molecular weight is 655 g/mol. The van der Waals surface area contributed by atoms with Crippen LogP contribution in [0.15, 0.2) is 78.8 Å². The van der Waals surface area contributed by atoms with Gasteiger partial charge >= 0.3 is 0 Å². The van der Waals surface area contributed by atoms with E-state index in [1.165, 1.54) is 12.1 Å². The Bertz CT molecular complexity index is 2010. The van der Waals surface area contributed by atoms with Gasteiger partial charge in [0.15, 0.2) is 0 Å². The van der Waals surface area contributed by atoms with Gasteiger partial charge in [-0.05, 0) is 90.4 Å². The van der Waals surface area contributed by atoms with E-state index >= 15 is 4.39 Å². The SMILES string of the molecule is CC1=C(C(=O)N[C@H](c2cc(F)cc(F)c2)C2CC2=O)c2cc([C@@H](c3cccc(F)c3C(N)=O)C3CC3)cc(F)c2CN1c1cccnc1. The number of Topliss-reactive ketones (excluding diaryl/α,β-unsaturated/α-hetero) is 1. The van der Waals surface area contributed by atoms with E-state index in [9.17, 15) is 27.6 Å². The molecule has 3 aromatic carbocycles. The number of primary amides is 1. The molecule has 2 fully saturated rings. The number of nitrogens with one attached hydrogen (secondary N) is 1. The van der Waals surface area contributed by atoms with Crippen LogP contribution in [0.4, 0.5) is 23.2 Å². The molecular formula is C37H30F4N4O3. The van der Waals surface area contributed by atoms with Crippen LogP contribution in [-0.4, -0.2) is 22.6 Å². The van der Waals surface area contributed by atoms with Crippen molar-refractivity contribution in [2.24, 2.45) is 17.6 Å². The molecule has 1 aliphatic heterocycles. The van der Waals surface area contributed by atoms with Crippen molar-refractivity contribution in [3.05, 3.63) is 135 Å². The minimum Gasteiger partial charge on any atom is -0.365 e. The number of carbonyl (C=O) groups is 3. The minimum atomic E-state index is -1.04. The maximum absolute atomic E-state index is 16.4. The molecule has 4 aromatic rings. The molecule has 3 atom stereocenters. The third kappa shape index (κ3) is 5.74. The monoisotopic (exact) mass is 654 g/mol. The van der Waals surface area contributed by atoms with Gasteiger partial charge in [0.25, 0.3) is 11.8 Å². The first-order valence-corrected chi connectivity index (χ1v) is 15.6. The summed E-state index contributed by atoms with van der Waals surface area (Å²) in [4.78, 5) is 45.0. The lowest BCUT2D eigenvalue weighted by Crippen LogP contribution is -2.36. The third-order valence-electron chi connectivity index (χ3n) is 9.44. The smallest absolute Gasteiger partial charge is 0.254 e. The van der Waals surface area contributed by atoms with Gasteiger partial charge in [0.1, 0.15) is 29.1 Å². The van der Waals surface area contributed by atoms with Gasteiger partial charge in [0, 0.05) is 41.8 Å². The van der Waals surface area contributed by atoms with Crippen molar-refractivity contribution in [1.82, 2.24) is 10.3 Å². The van der Waals surface area contributed by atoms with Crippen molar-refractivity contribution in [2.75, 3.05) is 4.90 Å². The zero-order valence-corrected chi connectivity index (χ0v) is 25.8. The summed E-state index contributed by atoms with van der Waals surface area (Å²) in [7, 11) is 0. The third-order valence-corrected chi connectivity index (χ3v) is 9.44. The fraction of sp³-hybridized carbons (Fsp3) is 0.243. The van der Waals surface area contributed by atoms with Crippen LogP contribution in [0.3, 0.4) is 0 Å². The quantitative estimate of drug-likeness (QED) is 0.201. The van der Waals surface area contributed by atoms with Gasteiger partial charge in [-0.3, -0.25) is 19.4 Å². The van der Waals surface area contributed by atoms with Crippen molar-refractivity contribution in [2.45, 2.75) is 44.7 Å². The summed E-state index contributed by atoms with van der Waals surface area (Å²) in [6, 6.07) is 12.6. The van der Waals surface area contributed by atoms with E-state index in [0.29, 0.717) is 28.6 Å². The lowest BCUT2D eigenvalue weighted by molar-refractivity contribution is -0.116. The Labute approximate surface area is 273 Å². The molecule has 7 nitrogen and oxygen atoms in total. The number of anilines is 1. The lowest BCUT2D eigenvalue weighted by Gasteiger charge is -2.34. The normalized spacial score (nSPS) is 18.3. The molecule has 1 unspecified atom stereocenters. The number of amides is 2. The van der Waals surface area contributed by atoms with E-state index in [0.717, 1.165) is 31.0 Å². The highest BCUT2D eigenvalue weighted by Crippen LogP contribution is 2.49. The Morgan fingerprint density at radius 3 is 2.31 bits per heavy atom. The lowest BCUT2D eigenvalue weighted by atomic mass is 9.81. The van der Waals surface area contributed by atoms with Crippen molar-refractivity contribution < 1.29 is 31.9 Å². The first-order valence-electron chi connectivity index (χ1n) is 15.6. The molecule has 3 N–H and O–H groups in total. The van der Waals surface area contributed by atoms with Gasteiger partial charge in [-0.1, -0.05) is 12.1 Å². The summed E-state index contributed by atoms with van der Waals surface area (Å²) in [6.07, 6.45) is 4.81. The summed E-state index contributed by atoms with van der Waals surface area (Å²) < 4.78 is 59.9. The summed E-state index contributed by atoms with van der Waals surface area (Å²) in [6.45, 7) is 1.75. The van der Waals surface area contributed by atoms with Crippen LogP contribution in [0.5, 0.6) is 0 Å². The van der Waals surface area contributed by atoms with Crippen LogP contribution >= 0.6 is 0 Å². The summed E-state index contributed by atoms with van der Waals surface area (Å²) in [5.41, 5.74) is 7.81. The Hall–Kier alpha value is -5.32. The van der Waals surface area contributed by atoms with E-state index < -0.39 is 53.0 Å². The van der Waals surface area contributed by atoms with Crippen LogP contribution in [0.25, 0.3) is 5.57 Å². The zero-order chi connectivity index (χ0) is 33.9. The summed E-state index contributed by atoms with van der Waals surface area (Å²) in [5, 5.41) is 2.83. The standard InChI is InChI=1S/C37H30F4N4O3/c1-18-32(37(48)44-35(27-15-31(27)46)21-10-22(38)14-23(39)11-21)26-12-20(13-30(41)28(26)17-45(18)24-4-3-9-43-16-24)33(19-7-8-19)25-5-2-6-29(40)34(25)36(42)47/h2-6,9-14,16,19,27,33,35H,7-8,15,17H2,1H3,(H2,42,47)(H,44,48)/t27?,33-,35+/m0/s1. The van der Waals surface area contributed by atoms with Gasteiger partial charge < -0.3 is 16.0 Å². The number of hydrogen-bond acceptors (Lipinski definition) is 5. The van der Waals surface area contributed by atoms with E-state index in [2.05, 4.69) is 10.3 Å². The van der Waals surface area contributed by atoms with Crippen LogP contribution in [0.2, 0.25) is 0 Å². The number of pyridine rings is 1. The Morgan fingerprint density at radius 2 is 1.69 bits per heavy atom. The molecule has 2 aliphatic carbocycles. The molecule has 244 valence electrons. The predicted octanol–water partition coefficient (Wildman–Crippen LogP) is 6.48. The molecule has 1 aromatic heterocycles. The molecule has 0 spiro atoms. The number of carbonyl (C=O) groups excluding carboxylic acids is 3. The maximum Gasteiger partial charge on any atom is 0.254 e. The molecule has 3 aliphatic rings. The molecular weight excluding hydrogens is 624 g/mol. The second-order valence-corrected chi connectivity index (χ2v) is 12.6. The molecule has 2 amide bonds. The Balaban J connectivity index is 1.37. The number of nitrogens with two attached hydrogens (primary N) is 1. The molecule has 2 heterocycles. The van der Waals surface area contributed by atoms with Gasteiger partial charge in [-0.15, -0.1) is 0 Å². The molecule has 7 rings (SSSR count). The molecule has 0 radical (unpaired) electrons. The molecule has 48 heavy (non-hydrogen) atoms. The van der Waals surface area contributed by atoms with Crippen LogP contribution < -0.4 is 16.0 Å². The Morgan fingerprint density at radius 1 is 0.958 bits per heavy atom. The highest BCUT2D eigenvalue weighted by molar-refractivity contribution is 6.22. The molecule has 11 heteroatoms. The van der Waals surface area contributed by atoms with Crippen LogP contribution in [0.1, 0.15) is 76.3 Å². The number of hydrogen-bond donors (Lipinski definition) is 2. The van der Waals surface area contributed by atoms with Crippen molar-refractivity contribution in [3.63, 3.8) is 0 Å². The van der Waals surface area contributed by atoms with Crippen LogP contribution in [0, 0.1) is 35.1 Å². The van der Waals surface area contributed by atoms with Gasteiger partial charge in [-0.25, -0.2) is 17.6 Å². The Kier molecular flexibility index (Phi) is 7.85. The zero-order valence-electron chi connectivity index (χ0n) is 25.8. The minimum absolute atomic E-state index is 0.0201. The predicted molar refractivity (Wildman–Crippen MR) is 169 cm³/mol. The topological polar surface area (TPSA) is 105 Å². The highest BCUT2D eigenvalue weighted by atomic mass is 19.1. The average Bonchev–Trinajstić information content (AvgIpc) is 3.98. The molecule has 2 saturated carbocycles. The number of aromatic nitrogens is 1. The number of allylic oxidation sites excluding steroid dienone is 1. The number of fused-ring (bicyclic) bond motifs is 1. The summed E-state index contributed by atoms with van der Waals surface area (Å²) >= 11 is 0. The van der Waals surface area contributed by atoms with Crippen LogP contribution in [-0.2, 0) is 16.1 Å². The van der Waals surface area contributed by atoms with Gasteiger partial charge in [0.05, 0.1) is 35.6 Å². The van der Waals surface area contributed by atoms with E-state index in [4.69, 9.17) is 5.73 Å². The van der Waals surface area contributed by atoms with Gasteiger partial charge in [-0.2, -0.15) is 0 Å². The van der Waals surface area contributed by atoms with Crippen molar-refractivity contribution in [1.29, 1.82) is 0 Å². The first-order chi connectivity index (χ1) is 23.0. The molecule has 0 saturated heterocycles. The fourth-order valence-electron chi connectivity index (χ4n) is 6.95. The second-order valence-electron chi connectivity index (χ2n) is 12.6. The van der Waals surface area contributed by atoms with Crippen molar-refractivity contribution >= 4 is 28.9 Å². The number of rotatable bonds is 9. The number of ketones is 1. The largest absolute Gasteiger partial charge is 0.365 e. The van der Waals surface area contributed by atoms with E-state index in [1.807, 2.05) is 0 Å². The summed E-state index contributed by atoms with van der Waals surface area (Å²) in [5.74, 6) is -6.19. The number of nitrogens with zero attached hydrogens (tertiary/aromatic N) is 2. The van der Waals surface area contributed by atoms with Gasteiger partial charge in [0.2, 0.25) is 0 Å². The van der Waals surface area contributed by atoms with Crippen molar-refractivity contribution in [3.8, 4) is 0 Å². The van der Waals surface area contributed by atoms with E-state index in [1.54, 1.807) is 48.5 Å².